The van der Waals surface area contributed by atoms with E-state index >= 15 is 0 Å². The summed E-state index contributed by atoms with van der Waals surface area (Å²) < 4.78 is 5.37. The summed E-state index contributed by atoms with van der Waals surface area (Å²) in [5, 5.41) is 0. The van der Waals surface area contributed by atoms with Gasteiger partial charge in [0.05, 0.1) is 0 Å². The van der Waals surface area contributed by atoms with E-state index in [2.05, 4.69) is 25.7 Å². The van der Waals surface area contributed by atoms with Crippen LogP contribution in [0.5, 0.6) is 0 Å². The standard InChI is InChI=1S/C17H31NO2/c1-4-17(2,3)12-14-6-5-9-18(13-14)16(19)15-7-10-20-11-8-15/h14-15H,4-13H2,1-3H3. The second-order valence-electron chi connectivity index (χ2n) is 7.40. The van der Waals surface area contributed by atoms with Crippen LogP contribution >= 0.6 is 0 Å². The minimum atomic E-state index is 0.224. The van der Waals surface area contributed by atoms with Gasteiger partial charge in [-0.05, 0) is 43.4 Å². The van der Waals surface area contributed by atoms with E-state index in [1.54, 1.807) is 0 Å². The van der Waals surface area contributed by atoms with Crippen molar-refractivity contribution in [2.24, 2.45) is 17.3 Å². The van der Waals surface area contributed by atoms with Crippen LogP contribution in [0.1, 0.15) is 59.3 Å². The van der Waals surface area contributed by atoms with Gasteiger partial charge in [0.25, 0.3) is 0 Å². The van der Waals surface area contributed by atoms with Crippen LogP contribution < -0.4 is 0 Å². The van der Waals surface area contributed by atoms with Crippen molar-refractivity contribution in [2.45, 2.75) is 59.3 Å². The van der Waals surface area contributed by atoms with Crippen molar-refractivity contribution in [3.63, 3.8) is 0 Å². The summed E-state index contributed by atoms with van der Waals surface area (Å²) in [6.07, 6.45) is 6.78. The number of likely N-dealkylation sites (tertiary alicyclic amines) is 1. The number of piperidine rings is 1. The summed E-state index contributed by atoms with van der Waals surface area (Å²) in [6, 6.07) is 0. The number of ether oxygens (including phenoxy) is 1. The largest absolute Gasteiger partial charge is 0.381 e. The third kappa shape index (κ3) is 4.21. The maximum atomic E-state index is 12.6. The molecule has 0 aromatic carbocycles. The summed E-state index contributed by atoms with van der Waals surface area (Å²) in [7, 11) is 0. The van der Waals surface area contributed by atoms with Crippen molar-refractivity contribution in [1.29, 1.82) is 0 Å². The molecule has 0 spiro atoms. The Morgan fingerprint density at radius 1 is 1.25 bits per heavy atom. The SMILES string of the molecule is CCC(C)(C)CC1CCCN(C(=O)C2CCOCC2)C1. The zero-order chi connectivity index (χ0) is 14.6. The fraction of sp³-hybridized carbons (Fsp3) is 0.941. The van der Waals surface area contributed by atoms with Gasteiger partial charge in [0.15, 0.2) is 0 Å². The summed E-state index contributed by atoms with van der Waals surface area (Å²) in [5.41, 5.74) is 0.412. The van der Waals surface area contributed by atoms with Crippen molar-refractivity contribution < 1.29 is 9.53 Å². The van der Waals surface area contributed by atoms with Gasteiger partial charge < -0.3 is 9.64 Å². The molecule has 0 saturated carbocycles. The molecule has 2 aliphatic rings. The van der Waals surface area contributed by atoms with E-state index in [-0.39, 0.29) is 5.92 Å². The molecule has 2 rings (SSSR count). The fourth-order valence-corrected chi connectivity index (χ4v) is 3.56. The van der Waals surface area contributed by atoms with E-state index in [9.17, 15) is 4.79 Å². The van der Waals surface area contributed by atoms with E-state index in [0.29, 0.717) is 17.2 Å². The summed E-state index contributed by atoms with van der Waals surface area (Å²) in [4.78, 5) is 14.8. The predicted molar refractivity (Wildman–Crippen MR) is 81.5 cm³/mol. The highest BCUT2D eigenvalue weighted by Crippen LogP contribution is 2.33. The van der Waals surface area contributed by atoms with Crippen LogP contribution in [0.4, 0.5) is 0 Å². The molecule has 2 heterocycles. The van der Waals surface area contributed by atoms with Gasteiger partial charge in [-0.2, -0.15) is 0 Å². The molecule has 0 aliphatic carbocycles. The smallest absolute Gasteiger partial charge is 0.225 e. The Balaban J connectivity index is 1.87. The molecule has 3 heteroatoms. The molecule has 0 bridgehead atoms. The molecule has 0 radical (unpaired) electrons. The van der Waals surface area contributed by atoms with Crippen LogP contribution in [0.2, 0.25) is 0 Å². The number of carbonyl (C=O) groups excluding carboxylic acids is 1. The third-order valence-electron chi connectivity index (χ3n) is 5.20. The first kappa shape index (κ1) is 15.8. The molecule has 1 amide bonds. The van der Waals surface area contributed by atoms with Crippen molar-refractivity contribution in [3.8, 4) is 0 Å². The monoisotopic (exact) mass is 281 g/mol. The maximum Gasteiger partial charge on any atom is 0.225 e. The van der Waals surface area contributed by atoms with Crippen molar-refractivity contribution in [3.05, 3.63) is 0 Å². The van der Waals surface area contributed by atoms with Gasteiger partial charge in [0.2, 0.25) is 5.91 Å². The first-order valence-corrected chi connectivity index (χ1v) is 8.38. The molecule has 116 valence electrons. The van der Waals surface area contributed by atoms with Crippen LogP contribution in [-0.4, -0.2) is 37.1 Å². The second kappa shape index (κ2) is 6.93. The number of hydrogen-bond donors (Lipinski definition) is 0. The van der Waals surface area contributed by atoms with Gasteiger partial charge in [0.1, 0.15) is 0 Å². The van der Waals surface area contributed by atoms with Crippen molar-refractivity contribution in [1.82, 2.24) is 4.90 Å². The Morgan fingerprint density at radius 2 is 1.95 bits per heavy atom. The third-order valence-corrected chi connectivity index (χ3v) is 5.20. The fourth-order valence-electron chi connectivity index (χ4n) is 3.56. The quantitative estimate of drug-likeness (QED) is 0.789. The molecule has 1 atom stereocenters. The molecule has 2 fully saturated rings. The van der Waals surface area contributed by atoms with Gasteiger partial charge in [-0.1, -0.05) is 27.2 Å². The lowest BCUT2D eigenvalue weighted by molar-refractivity contribution is -0.140. The molecular formula is C17H31NO2. The van der Waals surface area contributed by atoms with E-state index in [0.717, 1.165) is 39.1 Å². The topological polar surface area (TPSA) is 29.5 Å². The maximum absolute atomic E-state index is 12.6. The van der Waals surface area contributed by atoms with Crippen LogP contribution in [0, 0.1) is 17.3 Å². The Hall–Kier alpha value is -0.570. The Kier molecular flexibility index (Phi) is 5.48. The summed E-state index contributed by atoms with van der Waals surface area (Å²) in [6.45, 7) is 10.5. The molecule has 2 aliphatic heterocycles. The lowest BCUT2D eigenvalue weighted by Crippen LogP contribution is -2.44. The Morgan fingerprint density at radius 3 is 2.60 bits per heavy atom. The number of amides is 1. The van der Waals surface area contributed by atoms with E-state index in [4.69, 9.17) is 4.74 Å². The minimum absolute atomic E-state index is 0.224. The average molecular weight is 281 g/mol. The zero-order valence-electron chi connectivity index (χ0n) is 13.5. The average Bonchev–Trinajstić information content (AvgIpc) is 2.47. The van der Waals surface area contributed by atoms with Gasteiger partial charge in [-0.3, -0.25) is 4.79 Å². The zero-order valence-corrected chi connectivity index (χ0v) is 13.5. The van der Waals surface area contributed by atoms with Gasteiger partial charge in [-0.25, -0.2) is 0 Å². The van der Waals surface area contributed by atoms with Crippen LogP contribution in [0.3, 0.4) is 0 Å². The Labute approximate surface area is 124 Å². The highest BCUT2D eigenvalue weighted by atomic mass is 16.5. The van der Waals surface area contributed by atoms with Crippen LogP contribution in [0.15, 0.2) is 0 Å². The number of carbonyl (C=O) groups is 1. The molecule has 0 aromatic rings. The normalized spacial score (nSPS) is 25.8. The first-order chi connectivity index (χ1) is 9.52. The molecule has 0 aromatic heterocycles. The van der Waals surface area contributed by atoms with E-state index < -0.39 is 0 Å². The summed E-state index contributed by atoms with van der Waals surface area (Å²) >= 11 is 0. The van der Waals surface area contributed by atoms with Gasteiger partial charge in [-0.15, -0.1) is 0 Å². The molecular weight excluding hydrogens is 250 g/mol. The van der Waals surface area contributed by atoms with E-state index in [1.165, 1.54) is 25.7 Å². The molecule has 2 saturated heterocycles. The Bertz CT molecular complexity index is 321. The number of hydrogen-bond acceptors (Lipinski definition) is 2. The molecule has 3 nitrogen and oxygen atoms in total. The van der Waals surface area contributed by atoms with Gasteiger partial charge in [0, 0.05) is 32.2 Å². The summed E-state index contributed by atoms with van der Waals surface area (Å²) in [5.74, 6) is 1.32. The lowest BCUT2D eigenvalue weighted by atomic mass is 9.78. The number of nitrogens with zero attached hydrogens (tertiary/aromatic N) is 1. The van der Waals surface area contributed by atoms with Gasteiger partial charge >= 0.3 is 0 Å². The molecule has 20 heavy (non-hydrogen) atoms. The molecule has 1 unspecified atom stereocenters. The van der Waals surface area contributed by atoms with E-state index in [1.807, 2.05) is 0 Å². The lowest BCUT2D eigenvalue weighted by Gasteiger charge is -2.38. The van der Waals surface area contributed by atoms with Crippen molar-refractivity contribution in [2.75, 3.05) is 26.3 Å². The highest BCUT2D eigenvalue weighted by molar-refractivity contribution is 5.79. The first-order valence-electron chi connectivity index (χ1n) is 8.38. The minimum Gasteiger partial charge on any atom is -0.381 e. The second-order valence-corrected chi connectivity index (χ2v) is 7.40. The van der Waals surface area contributed by atoms with Crippen molar-refractivity contribution >= 4 is 5.91 Å². The van der Waals surface area contributed by atoms with Crippen LogP contribution in [0.25, 0.3) is 0 Å². The highest BCUT2D eigenvalue weighted by Gasteiger charge is 2.31. The molecule has 0 N–H and O–H groups in total. The predicted octanol–water partition coefficient (Wildman–Crippen LogP) is 3.48. The van der Waals surface area contributed by atoms with Crippen LogP contribution in [-0.2, 0) is 9.53 Å². The number of rotatable bonds is 4.